The number of nitro groups is 3. The molecule has 0 atom stereocenters. The lowest BCUT2D eigenvalue weighted by Gasteiger charge is -2.23. The largest absolute Gasteiger partial charge is 0.647 e. The molecule has 0 unspecified atom stereocenters. The Morgan fingerprint density at radius 1 is 0.500 bits per heavy atom. The van der Waals surface area contributed by atoms with Crippen molar-refractivity contribution in [3.8, 4) is 17.2 Å². The van der Waals surface area contributed by atoms with Crippen LogP contribution in [-0.4, -0.2) is 14.8 Å². The zero-order valence-corrected chi connectivity index (χ0v) is 26.5. The van der Waals surface area contributed by atoms with E-state index in [-0.39, 0.29) is 70.3 Å². The summed E-state index contributed by atoms with van der Waals surface area (Å²) >= 11 is 0. The minimum atomic E-state index is -4.89. The average molecular weight is 630 g/mol. The molecule has 0 bridgehead atoms. The molecule has 0 saturated carbocycles. The highest BCUT2D eigenvalue weighted by Crippen LogP contribution is 2.54. The van der Waals surface area contributed by atoms with Gasteiger partial charge in [0.05, 0.1) is 31.5 Å². The topological polar surface area (TPSA) is 174 Å². The molecule has 0 aliphatic carbocycles. The Labute approximate surface area is 255 Å². The van der Waals surface area contributed by atoms with Gasteiger partial charge in [-0.25, -0.2) is 0 Å². The molecule has 236 valence electrons. The number of benzene rings is 3. The SMILES string of the molecule is CCc1ccc(OP(=O)(Oc2ccc(CC)c([N+](=O)[O-])c2CC)Oc2ccc(CC)c([N+](=O)[O-])c2CC)c(CC)c1[N+](=O)[O-]. The van der Waals surface area contributed by atoms with Crippen molar-refractivity contribution in [2.24, 2.45) is 0 Å². The summed E-state index contributed by atoms with van der Waals surface area (Å²) in [5, 5.41) is 36.1. The Kier molecular flexibility index (Phi) is 11.1. The van der Waals surface area contributed by atoms with Crippen LogP contribution in [0.2, 0.25) is 0 Å². The van der Waals surface area contributed by atoms with Crippen LogP contribution in [0.3, 0.4) is 0 Å². The maximum absolute atomic E-state index is 14.7. The zero-order valence-electron chi connectivity index (χ0n) is 25.6. The Balaban J connectivity index is 2.31. The number of phosphoric ester groups is 1. The van der Waals surface area contributed by atoms with Gasteiger partial charge in [0.15, 0.2) is 0 Å². The molecule has 3 aromatic rings. The molecule has 0 radical (unpaired) electrons. The molecule has 3 aromatic carbocycles. The van der Waals surface area contributed by atoms with Gasteiger partial charge >= 0.3 is 7.82 Å². The van der Waals surface area contributed by atoms with Crippen molar-refractivity contribution in [3.05, 3.63) is 100 Å². The van der Waals surface area contributed by atoms with Crippen molar-refractivity contribution in [2.75, 3.05) is 0 Å². The molecule has 0 aromatic heterocycles. The normalized spacial score (nSPS) is 11.2. The molecular formula is C30H36N3O10P. The molecule has 0 saturated heterocycles. The minimum Gasteiger partial charge on any atom is -0.385 e. The Morgan fingerprint density at radius 2 is 0.750 bits per heavy atom. The Bertz CT molecular complexity index is 1450. The van der Waals surface area contributed by atoms with Crippen molar-refractivity contribution >= 4 is 24.9 Å². The summed E-state index contributed by atoms with van der Waals surface area (Å²) < 4.78 is 32.4. The summed E-state index contributed by atoms with van der Waals surface area (Å²) in [6.07, 6.45) is 1.46. The van der Waals surface area contributed by atoms with Crippen molar-refractivity contribution in [1.29, 1.82) is 0 Å². The molecule has 13 nitrogen and oxygen atoms in total. The van der Waals surface area contributed by atoms with Gasteiger partial charge in [0.2, 0.25) is 0 Å². The van der Waals surface area contributed by atoms with Crippen LogP contribution in [0, 0.1) is 30.3 Å². The van der Waals surface area contributed by atoms with E-state index in [1.807, 2.05) is 0 Å². The second-order valence-corrected chi connectivity index (χ2v) is 11.2. The highest BCUT2D eigenvalue weighted by atomic mass is 31.2. The first kappa shape index (κ1) is 34.0. The van der Waals surface area contributed by atoms with Gasteiger partial charge in [-0.1, -0.05) is 41.5 Å². The number of rotatable bonds is 15. The fraction of sp³-hybridized carbons (Fsp3) is 0.400. The van der Waals surface area contributed by atoms with Crippen LogP contribution in [0.25, 0.3) is 0 Å². The fourth-order valence-electron chi connectivity index (χ4n) is 5.24. The molecule has 0 heterocycles. The summed E-state index contributed by atoms with van der Waals surface area (Å²) in [6.45, 7) is 10.3. The van der Waals surface area contributed by atoms with Gasteiger partial charge in [0.25, 0.3) is 17.1 Å². The van der Waals surface area contributed by atoms with Gasteiger partial charge in [-0.05, 0) is 74.9 Å². The maximum atomic E-state index is 14.7. The Morgan fingerprint density at radius 3 is 0.932 bits per heavy atom. The van der Waals surface area contributed by atoms with E-state index in [9.17, 15) is 34.9 Å². The van der Waals surface area contributed by atoms with E-state index in [4.69, 9.17) is 13.6 Å². The van der Waals surface area contributed by atoms with Crippen LogP contribution in [0.1, 0.15) is 74.9 Å². The molecule has 14 heteroatoms. The lowest BCUT2D eigenvalue weighted by molar-refractivity contribution is -0.386. The van der Waals surface area contributed by atoms with Crippen LogP contribution in [0.5, 0.6) is 17.2 Å². The van der Waals surface area contributed by atoms with Gasteiger partial charge in [0, 0.05) is 16.7 Å². The van der Waals surface area contributed by atoms with Crippen LogP contribution in [0.15, 0.2) is 36.4 Å². The van der Waals surface area contributed by atoms with E-state index < -0.39 is 22.6 Å². The second-order valence-electron chi connectivity index (χ2n) is 9.76. The average Bonchev–Trinajstić information content (AvgIpc) is 2.99. The monoisotopic (exact) mass is 629 g/mol. The molecule has 44 heavy (non-hydrogen) atoms. The third kappa shape index (κ3) is 6.83. The summed E-state index contributed by atoms with van der Waals surface area (Å²) in [4.78, 5) is 34.5. The Hall–Kier alpha value is -4.51. The van der Waals surface area contributed by atoms with Gasteiger partial charge in [-0.15, -0.1) is 0 Å². The quantitative estimate of drug-likeness (QED) is 0.0901. The molecule has 0 N–H and O–H groups in total. The molecule has 0 fully saturated rings. The minimum absolute atomic E-state index is 0.132. The highest BCUT2D eigenvalue weighted by Gasteiger charge is 2.39. The number of nitrogens with zero attached hydrogens (tertiary/aromatic N) is 3. The van der Waals surface area contributed by atoms with Crippen LogP contribution in [0.4, 0.5) is 17.1 Å². The first-order valence-electron chi connectivity index (χ1n) is 14.5. The number of aryl methyl sites for hydroxylation is 3. The summed E-state index contributed by atoms with van der Waals surface area (Å²) in [5.74, 6) is -0.430. The van der Waals surface area contributed by atoms with Crippen LogP contribution < -0.4 is 13.6 Å². The lowest BCUT2D eigenvalue weighted by atomic mass is 10.0. The van der Waals surface area contributed by atoms with E-state index in [2.05, 4.69) is 0 Å². The highest BCUT2D eigenvalue weighted by molar-refractivity contribution is 7.49. The third-order valence-electron chi connectivity index (χ3n) is 7.35. The van der Waals surface area contributed by atoms with Crippen molar-refractivity contribution in [2.45, 2.75) is 80.1 Å². The van der Waals surface area contributed by atoms with Crippen LogP contribution in [-0.2, 0) is 43.1 Å². The third-order valence-corrected chi connectivity index (χ3v) is 8.61. The number of phosphoric acid groups is 1. The lowest BCUT2D eigenvalue weighted by Crippen LogP contribution is -2.13. The first-order valence-corrected chi connectivity index (χ1v) is 15.9. The second kappa shape index (κ2) is 14.3. The predicted octanol–water partition coefficient (Wildman–Crippen LogP) is 8.43. The molecule has 0 amide bonds. The van der Waals surface area contributed by atoms with Gasteiger partial charge in [0.1, 0.15) is 17.2 Å². The first-order chi connectivity index (χ1) is 20.9. The summed E-state index contributed by atoms with van der Waals surface area (Å²) in [5.41, 5.74) is 1.15. The smallest absolute Gasteiger partial charge is 0.385 e. The molecule has 0 spiro atoms. The van der Waals surface area contributed by atoms with Crippen molar-refractivity contribution < 1.29 is 32.9 Å². The maximum Gasteiger partial charge on any atom is 0.647 e. The van der Waals surface area contributed by atoms with Gasteiger partial charge in [-0.2, -0.15) is 4.57 Å². The molecule has 3 rings (SSSR count). The molecule has 0 aliphatic rings. The predicted molar refractivity (Wildman–Crippen MR) is 165 cm³/mol. The summed E-state index contributed by atoms with van der Waals surface area (Å²) in [6, 6.07) is 8.72. The van der Waals surface area contributed by atoms with E-state index in [1.54, 1.807) is 41.5 Å². The van der Waals surface area contributed by atoms with E-state index in [0.29, 0.717) is 36.0 Å². The zero-order chi connectivity index (χ0) is 32.8. The van der Waals surface area contributed by atoms with E-state index in [1.165, 1.54) is 36.4 Å². The molecule has 0 aliphatic heterocycles. The van der Waals surface area contributed by atoms with Crippen molar-refractivity contribution in [1.82, 2.24) is 0 Å². The number of hydrogen-bond acceptors (Lipinski definition) is 10. The van der Waals surface area contributed by atoms with E-state index >= 15 is 0 Å². The standard InChI is InChI=1S/C30H36N3O10P/c1-7-19-13-16-25(22(10-4)28(19)31(34)35)41-44(40,42-26-17-14-20(8-2)29(32(36)37)23(26)11-5)43-27-18-15-21(9-3)30(33(38)39)24(27)12-6/h13-18H,7-12H2,1-6H3. The number of hydrogen-bond donors (Lipinski definition) is 0. The van der Waals surface area contributed by atoms with Gasteiger partial charge < -0.3 is 13.6 Å². The van der Waals surface area contributed by atoms with E-state index in [0.717, 1.165) is 0 Å². The number of nitro benzene ring substituents is 3. The molecular weight excluding hydrogens is 593 g/mol. The van der Waals surface area contributed by atoms with Crippen LogP contribution >= 0.6 is 7.82 Å². The summed E-state index contributed by atoms with van der Waals surface area (Å²) in [7, 11) is -4.89. The van der Waals surface area contributed by atoms with Crippen molar-refractivity contribution in [3.63, 3.8) is 0 Å². The fourth-order valence-corrected chi connectivity index (χ4v) is 6.58. The van der Waals surface area contributed by atoms with Gasteiger partial charge in [-0.3, -0.25) is 30.3 Å².